The van der Waals surface area contributed by atoms with E-state index < -0.39 is 59.8 Å². The van der Waals surface area contributed by atoms with Crippen LogP contribution in [0.15, 0.2) is 12.2 Å². The number of hydrogen-bond acceptors (Lipinski definition) is 11. The van der Waals surface area contributed by atoms with Crippen LogP contribution in [0.5, 0.6) is 0 Å². The standard InChI is InChI=1S/C41H78O12S/c1-3-5-6-7-8-9-10-11-12-13-14-15-16-17-18-19-20-21-22-23-24-25-26-27-28-29-31-49-33-35(51-37(43)30-4-2)34-50-41-39(45)40(53-54(46,47)48)38(44)36(32-42)52-41/h13-14,35-36,38-42,44-45H,3-12,15-34H2,1-2H3,(H,46,47,48)/b14-13-. The molecule has 13 heteroatoms. The van der Waals surface area contributed by atoms with Gasteiger partial charge in [-0.3, -0.25) is 9.35 Å². The van der Waals surface area contributed by atoms with Crippen molar-refractivity contribution in [3.05, 3.63) is 12.2 Å². The number of carbonyl (C=O) groups excluding carboxylic acids is 1. The average Bonchev–Trinajstić information content (AvgIpc) is 3.13. The Bertz CT molecular complexity index is 1010. The summed E-state index contributed by atoms with van der Waals surface area (Å²) in [6.07, 6.45) is 27.5. The van der Waals surface area contributed by atoms with E-state index in [0.29, 0.717) is 13.0 Å². The number of esters is 1. The van der Waals surface area contributed by atoms with Crippen molar-refractivity contribution >= 4 is 16.4 Å². The molecule has 1 aliphatic heterocycles. The average molecular weight is 795 g/mol. The quantitative estimate of drug-likeness (QED) is 0.0205. The minimum atomic E-state index is -5.04. The van der Waals surface area contributed by atoms with Crippen molar-refractivity contribution in [2.75, 3.05) is 26.4 Å². The van der Waals surface area contributed by atoms with E-state index in [9.17, 15) is 28.5 Å². The smallest absolute Gasteiger partial charge is 0.397 e. The number of ether oxygens (including phenoxy) is 4. The first-order valence-corrected chi connectivity index (χ1v) is 22.8. The van der Waals surface area contributed by atoms with Gasteiger partial charge in [0.05, 0.1) is 19.8 Å². The van der Waals surface area contributed by atoms with Crippen molar-refractivity contribution in [3.8, 4) is 0 Å². The first-order valence-electron chi connectivity index (χ1n) is 21.4. The molecule has 0 bridgehead atoms. The van der Waals surface area contributed by atoms with E-state index in [-0.39, 0.29) is 19.6 Å². The van der Waals surface area contributed by atoms with Gasteiger partial charge in [-0.1, -0.05) is 148 Å². The third-order valence-corrected chi connectivity index (χ3v) is 10.3. The normalized spacial score (nSPS) is 21.2. The van der Waals surface area contributed by atoms with Gasteiger partial charge in [-0.25, -0.2) is 4.18 Å². The highest BCUT2D eigenvalue weighted by Crippen LogP contribution is 2.26. The third kappa shape index (κ3) is 27.4. The molecular weight excluding hydrogens is 717 g/mol. The molecule has 6 unspecified atom stereocenters. The summed E-state index contributed by atoms with van der Waals surface area (Å²) in [4.78, 5) is 12.2. The van der Waals surface area contributed by atoms with Crippen LogP contribution < -0.4 is 0 Å². The molecule has 6 atom stereocenters. The molecule has 12 nitrogen and oxygen atoms in total. The molecule has 0 radical (unpaired) electrons. The first-order chi connectivity index (χ1) is 26.1. The Morgan fingerprint density at radius 2 is 1.17 bits per heavy atom. The highest BCUT2D eigenvalue weighted by atomic mass is 32.3. The van der Waals surface area contributed by atoms with E-state index in [4.69, 9.17) is 23.5 Å². The number of allylic oxidation sites excluding steroid dienone is 2. The molecule has 0 spiro atoms. The lowest BCUT2D eigenvalue weighted by atomic mass is 9.99. The molecule has 1 aliphatic rings. The molecule has 0 amide bonds. The van der Waals surface area contributed by atoms with Gasteiger partial charge in [-0.2, -0.15) is 8.42 Å². The van der Waals surface area contributed by atoms with Crippen LogP contribution in [0.2, 0.25) is 0 Å². The molecule has 1 heterocycles. The van der Waals surface area contributed by atoms with Gasteiger partial charge < -0.3 is 34.3 Å². The lowest BCUT2D eigenvalue weighted by molar-refractivity contribution is -0.301. The summed E-state index contributed by atoms with van der Waals surface area (Å²) in [6.45, 7) is 3.61. The predicted octanol–water partition coefficient (Wildman–Crippen LogP) is 8.30. The Kier molecular flexibility index (Phi) is 32.0. The molecule has 0 aromatic carbocycles. The largest absolute Gasteiger partial charge is 0.457 e. The summed E-state index contributed by atoms with van der Waals surface area (Å²) in [5.74, 6) is -0.450. The van der Waals surface area contributed by atoms with E-state index in [0.717, 1.165) is 19.3 Å². The van der Waals surface area contributed by atoms with Crippen LogP contribution in [0, 0.1) is 0 Å². The van der Waals surface area contributed by atoms with Crippen molar-refractivity contribution in [1.82, 2.24) is 0 Å². The van der Waals surface area contributed by atoms with Crippen LogP contribution in [0.1, 0.15) is 181 Å². The molecule has 0 saturated carbocycles. The Morgan fingerprint density at radius 1 is 0.685 bits per heavy atom. The van der Waals surface area contributed by atoms with Gasteiger partial charge in [0, 0.05) is 13.0 Å². The van der Waals surface area contributed by atoms with Gasteiger partial charge >= 0.3 is 16.4 Å². The number of rotatable bonds is 37. The molecule has 0 aromatic heterocycles. The molecule has 1 rings (SSSR count). The Labute approximate surface area is 328 Å². The fourth-order valence-corrected chi connectivity index (χ4v) is 7.15. The van der Waals surface area contributed by atoms with E-state index in [2.05, 4.69) is 23.3 Å². The van der Waals surface area contributed by atoms with E-state index in [1.54, 1.807) is 0 Å². The second-order valence-corrected chi connectivity index (χ2v) is 16.0. The lowest BCUT2D eigenvalue weighted by Crippen LogP contribution is -2.60. The zero-order valence-corrected chi connectivity index (χ0v) is 34.6. The van der Waals surface area contributed by atoms with Crippen LogP contribution in [0.4, 0.5) is 0 Å². The van der Waals surface area contributed by atoms with Crippen LogP contribution >= 0.6 is 0 Å². The summed E-state index contributed by atoms with van der Waals surface area (Å²) in [6, 6.07) is 0. The van der Waals surface area contributed by atoms with Crippen molar-refractivity contribution < 1.29 is 56.2 Å². The Balaban J connectivity index is 2.07. The molecule has 1 fully saturated rings. The number of aliphatic hydroxyl groups is 3. The SMILES string of the molecule is CCCCCCCCCC/C=C\CCCCCCCCCCCCCCCCOCC(COC1OC(CO)C(O)C(OS(=O)(=O)O)C1O)OC(=O)CCC. The van der Waals surface area contributed by atoms with Gasteiger partial charge in [0.2, 0.25) is 0 Å². The summed E-state index contributed by atoms with van der Waals surface area (Å²) in [5.41, 5.74) is 0. The maximum atomic E-state index is 12.2. The van der Waals surface area contributed by atoms with Gasteiger partial charge in [-0.05, 0) is 38.5 Å². The fourth-order valence-electron chi connectivity index (χ4n) is 6.65. The summed E-state index contributed by atoms with van der Waals surface area (Å²) in [5, 5.41) is 30.2. The third-order valence-electron chi connectivity index (χ3n) is 9.86. The van der Waals surface area contributed by atoms with Crippen molar-refractivity contribution in [1.29, 1.82) is 0 Å². The maximum absolute atomic E-state index is 12.2. The van der Waals surface area contributed by atoms with Gasteiger partial charge in [0.1, 0.15) is 30.5 Å². The molecule has 0 aliphatic carbocycles. The van der Waals surface area contributed by atoms with Crippen LogP contribution in [-0.2, 0) is 38.3 Å². The maximum Gasteiger partial charge on any atom is 0.397 e. The molecule has 54 heavy (non-hydrogen) atoms. The minimum absolute atomic E-state index is 0.0338. The Hall–Kier alpha value is -1.16. The molecule has 0 aromatic rings. The second kappa shape index (κ2) is 33.9. The van der Waals surface area contributed by atoms with Crippen LogP contribution in [0.25, 0.3) is 0 Å². The summed E-state index contributed by atoms with van der Waals surface area (Å²) >= 11 is 0. The summed E-state index contributed by atoms with van der Waals surface area (Å²) in [7, 11) is -5.04. The topological polar surface area (TPSA) is 178 Å². The van der Waals surface area contributed by atoms with Gasteiger partial charge in [-0.15, -0.1) is 0 Å². The molecular formula is C41H78O12S. The van der Waals surface area contributed by atoms with Gasteiger partial charge in [0.25, 0.3) is 0 Å². The fraction of sp³-hybridized carbons (Fsp3) is 0.927. The summed E-state index contributed by atoms with van der Waals surface area (Å²) < 4.78 is 58.0. The number of hydrogen-bond donors (Lipinski definition) is 4. The number of aliphatic hydroxyl groups excluding tert-OH is 3. The van der Waals surface area contributed by atoms with Gasteiger partial charge in [0.15, 0.2) is 6.29 Å². The van der Waals surface area contributed by atoms with E-state index in [1.165, 1.54) is 135 Å². The molecule has 1 saturated heterocycles. The highest BCUT2D eigenvalue weighted by Gasteiger charge is 2.48. The van der Waals surface area contributed by atoms with Crippen LogP contribution in [-0.4, -0.2) is 97.5 Å². The number of carbonyl (C=O) groups is 1. The minimum Gasteiger partial charge on any atom is -0.457 e. The Morgan fingerprint density at radius 3 is 1.63 bits per heavy atom. The second-order valence-electron chi connectivity index (χ2n) is 14.9. The van der Waals surface area contributed by atoms with Crippen LogP contribution in [0.3, 0.4) is 0 Å². The van der Waals surface area contributed by atoms with E-state index in [1.807, 2.05) is 6.92 Å². The number of unbranched alkanes of at least 4 members (excludes halogenated alkanes) is 22. The molecule has 320 valence electrons. The zero-order valence-electron chi connectivity index (χ0n) is 33.8. The lowest BCUT2D eigenvalue weighted by Gasteiger charge is -2.41. The van der Waals surface area contributed by atoms with Crippen molar-refractivity contribution in [3.63, 3.8) is 0 Å². The zero-order chi connectivity index (χ0) is 39.7. The highest BCUT2D eigenvalue weighted by molar-refractivity contribution is 7.80. The molecule has 4 N–H and O–H groups in total. The monoisotopic (exact) mass is 795 g/mol. The van der Waals surface area contributed by atoms with Crippen molar-refractivity contribution in [2.24, 2.45) is 0 Å². The van der Waals surface area contributed by atoms with E-state index >= 15 is 0 Å². The first kappa shape index (κ1) is 50.9. The van der Waals surface area contributed by atoms with Crippen molar-refractivity contribution in [2.45, 2.75) is 218 Å². The predicted molar refractivity (Wildman–Crippen MR) is 211 cm³/mol.